The van der Waals surface area contributed by atoms with Gasteiger partial charge in [-0.3, -0.25) is 0 Å². The van der Waals surface area contributed by atoms with E-state index in [0.717, 1.165) is 37.8 Å². The van der Waals surface area contributed by atoms with Crippen LogP contribution in [0.1, 0.15) is 43.1 Å². The topological polar surface area (TPSA) is 64.9 Å². The van der Waals surface area contributed by atoms with Crippen LogP contribution in [0.2, 0.25) is 0 Å². The van der Waals surface area contributed by atoms with E-state index in [-0.39, 0.29) is 5.92 Å². The van der Waals surface area contributed by atoms with Gasteiger partial charge in [-0.2, -0.15) is 18.2 Å². The molecule has 1 aromatic carbocycles. The van der Waals surface area contributed by atoms with Crippen molar-refractivity contribution in [3.63, 3.8) is 0 Å². The summed E-state index contributed by atoms with van der Waals surface area (Å²) in [5.74, 6) is 1.67. The summed E-state index contributed by atoms with van der Waals surface area (Å²) in [6.07, 6.45) is -0.353. The minimum absolute atomic E-state index is 0.216. The molecular weight excluding hydrogens is 307 g/mol. The largest absolute Gasteiger partial charge is 0.416 e. The molecule has 0 spiro atoms. The average Bonchev–Trinajstić information content (AvgIpc) is 3.04. The first kappa shape index (κ1) is 16.0. The molecule has 124 valence electrons. The van der Waals surface area contributed by atoms with Gasteiger partial charge in [0.15, 0.2) is 0 Å². The quantitative estimate of drug-likeness (QED) is 0.927. The van der Waals surface area contributed by atoms with Crippen molar-refractivity contribution in [3.8, 4) is 11.4 Å². The number of benzene rings is 1. The summed E-state index contributed by atoms with van der Waals surface area (Å²) in [5, 5.41) is 3.90. The van der Waals surface area contributed by atoms with E-state index in [1.165, 1.54) is 12.1 Å². The van der Waals surface area contributed by atoms with Gasteiger partial charge in [0.1, 0.15) is 0 Å². The van der Waals surface area contributed by atoms with Crippen molar-refractivity contribution in [2.75, 3.05) is 6.54 Å². The standard InChI is InChI=1S/C16H18F3N3O/c17-16(18,19)13-7-5-11(6-8-13)14-21-15(23-22-14)12-3-1-10(9-20)2-4-12/h5-8,10,12H,1-4,9,20H2. The van der Waals surface area contributed by atoms with Gasteiger partial charge in [-0.05, 0) is 50.3 Å². The molecule has 0 saturated heterocycles. The van der Waals surface area contributed by atoms with Gasteiger partial charge in [0, 0.05) is 11.5 Å². The molecule has 0 bridgehead atoms. The molecule has 0 amide bonds. The Morgan fingerprint density at radius 2 is 1.74 bits per heavy atom. The second-order valence-corrected chi connectivity index (χ2v) is 5.98. The molecule has 0 radical (unpaired) electrons. The van der Waals surface area contributed by atoms with Gasteiger partial charge in [0.2, 0.25) is 11.7 Å². The van der Waals surface area contributed by atoms with Crippen LogP contribution in [-0.2, 0) is 6.18 Å². The number of hydrogen-bond donors (Lipinski definition) is 1. The van der Waals surface area contributed by atoms with Crippen molar-refractivity contribution in [1.82, 2.24) is 10.1 Å². The van der Waals surface area contributed by atoms with Gasteiger partial charge in [0.05, 0.1) is 5.56 Å². The van der Waals surface area contributed by atoms with Gasteiger partial charge in [-0.25, -0.2) is 0 Å². The molecule has 2 N–H and O–H groups in total. The van der Waals surface area contributed by atoms with E-state index < -0.39 is 11.7 Å². The smallest absolute Gasteiger partial charge is 0.339 e. The number of nitrogens with two attached hydrogens (primary N) is 1. The lowest BCUT2D eigenvalue weighted by Gasteiger charge is -2.24. The number of alkyl halides is 3. The summed E-state index contributed by atoms with van der Waals surface area (Å²) in [6.45, 7) is 0.702. The Morgan fingerprint density at radius 1 is 1.09 bits per heavy atom. The zero-order valence-corrected chi connectivity index (χ0v) is 12.5. The maximum atomic E-state index is 12.6. The molecule has 3 rings (SSSR count). The molecule has 1 fully saturated rings. The first-order chi connectivity index (χ1) is 11.0. The maximum Gasteiger partial charge on any atom is 0.416 e. The van der Waals surface area contributed by atoms with Crippen LogP contribution in [0.4, 0.5) is 13.2 Å². The van der Waals surface area contributed by atoms with Crippen molar-refractivity contribution >= 4 is 0 Å². The second kappa shape index (κ2) is 6.31. The number of rotatable bonds is 3. The summed E-state index contributed by atoms with van der Waals surface area (Å²) >= 11 is 0. The predicted octanol–water partition coefficient (Wildman–Crippen LogP) is 3.99. The monoisotopic (exact) mass is 325 g/mol. The van der Waals surface area contributed by atoms with Crippen LogP contribution >= 0.6 is 0 Å². The van der Waals surface area contributed by atoms with Crippen LogP contribution in [0, 0.1) is 5.92 Å². The second-order valence-electron chi connectivity index (χ2n) is 5.98. The van der Waals surface area contributed by atoms with Crippen molar-refractivity contribution < 1.29 is 17.7 Å². The van der Waals surface area contributed by atoms with Gasteiger partial charge in [-0.15, -0.1) is 0 Å². The fourth-order valence-electron chi connectivity index (χ4n) is 2.97. The molecule has 7 heteroatoms. The Hall–Kier alpha value is -1.89. The van der Waals surface area contributed by atoms with Gasteiger partial charge >= 0.3 is 6.18 Å². The Balaban J connectivity index is 1.72. The first-order valence-electron chi connectivity index (χ1n) is 7.68. The molecule has 0 atom stereocenters. The van der Waals surface area contributed by atoms with Crippen molar-refractivity contribution in [2.45, 2.75) is 37.8 Å². The highest BCUT2D eigenvalue weighted by atomic mass is 19.4. The Kier molecular flexibility index (Phi) is 4.39. The molecule has 2 aromatic rings. The van der Waals surface area contributed by atoms with E-state index in [1.54, 1.807) is 0 Å². The van der Waals surface area contributed by atoms with E-state index >= 15 is 0 Å². The van der Waals surface area contributed by atoms with Gasteiger partial charge in [-0.1, -0.05) is 17.3 Å². The third kappa shape index (κ3) is 3.55. The number of aromatic nitrogens is 2. The maximum absolute atomic E-state index is 12.6. The zero-order chi connectivity index (χ0) is 16.4. The summed E-state index contributed by atoms with van der Waals surface area (Å²) in [7, 11) is 0. The minimum Gasteiger partial charge on any atom is -0.339 e. The molecule has 23 heavy (non-hydrogen) atoms. The lowest BCUT2D eigenvalue weighted by molar-refractivity contribution is -0.137. The average molecular weight is 325 g/mol. The lowest BCUT2D eigenvalue weighted by Crippen LogP contribution is -2.20. The molecule has 0 unspecified atom stereocenters. The van der Waals surface area contributed by atoms with Crippen LogP contribution < -0.4 is 5.73 Å². The Labute approximate surface area is 131 Å². The van der Waals surface area contributed by atoms with Gasteiger partial charge in [0.25, 0.3) is 0 Å². The van der Waals surface area contributed by atoms with Crippen LogP contribution in [0.5, 0.6) is 0 Å². The SMILES string of the molecule is NCC1CCC(c2nc(-c3ccc(C(F)(F)F)cc3)no2)CC1. The lowest BCUT2D eigenvalue weighted by atomic mass is 9.82. The number of nitrogens with zero attached hydrogens (tertiary/aromatic N) is 2. The number of hydrogen-bond acceptors (Lipinski definition) is 4. The van der Waals surface area contributed by atoms with E-state index in [9.17, 15) is 13.2 Å². The summed E-state index contributed by atoms with van der Waals surface area (Å²) < 4.78 is 43.0. The molecule has 1 heterocycles. The van der Waals surface area contributed by atoms with Crippen LogP contribution in [-0.4, -0.2) is 16.7 Å². The van der Waals surface area contributed by atoms with E-state index in [2.05, 4.69) is 10.1 Å². The minimum atomic E-state index is -4.34. The predicted molar refractivity (Wildman–Crippen MR) is 78.5 cm³/mol. The zero-order valence-electron chi connectivity index (χ0n) is 12.5. The molecule has 1 aliphatic carbocycles. The number of halogens is 3. The van der Waals surface area contributed by atoms with Crippen molar-refractivity contribution in [2.24, 2.45) is 11.7 Å². The first-order valence-corrected chi connectivity index (χ1v) is 7.68. The highest BCUT2D eigenvalue weighted by Gasteiger charge is 2.30. The fourth-order valence-corrected chi connectivity index (χ4v) is 2.97. The van der Waals surface area contributed by atoms with Crippen LogP contribution in [0.25, 0.3) is 11.4 Å². The van der Waals surface area contributed by atoms with E-state index in [1.807, 2.05) is 0 Å². The van der Waals surface area contributed by atoms with E-state index in [0.29, 0.717) is 29.7 Å². The molecule has 1 aliphatic rings. The Morgan fingerprint density at radius 3 is 2.30 bits per heavy atom. The Bertz CT molecular complexity index is 643. The van der Waals surface area contributed by atoms with Crippen LogP contribution in [0.15, 0.2) is 28.8 Å². The van der Waals surface area contributed by atoms with Crippen LogP contribution in [0.3, 0.4) is 0 Å². The van der Waals surface area contributed by atoms with Gasteiger partial charge < -0.3 is 10.3 Å². The molecule has 1 aromatic heterocycles. The third-order valence-electron chi connectivity index (χ3n) is 4.44. The summed E-state index contributed by atoms with van der Waals surface area (Å²) in [4.78, 5) is 4.36. The third-order valence-corrected chi connectivity index (χ3v) is 4.44. The molecule has 4 nitrogen and oxygen atoms in total. The van der Waals surface area contributed by atoms with Crippen molar-refractivity contribution in [1.29, 1.82) is 0 Å². The highest BCUT2D eigenvalue weighted by Crippen LogP contribution is 2.35. The van der Waals surface area contributed by atoms with Crippen molar-refractivity contribution in [3.05, 3.63) is 35.7 Å². The molecular formula is C16H18F3N3O. The fraction of sp³-hybridized carbons (Fsp3) is 0.500. The summed E-state index contributed by atoms with van der Waals surface area (Å²) in [6, 6.07) is 4.78. The molecule has 1 saturated carbocycles. The molecule has 0 aliphatic heterocycles. The highest BCUT2D eigenvalue weighted by molar-refractivity contribution is 5.54. The normalized spacial score (nSPS) is 22.3. The van der Waals surface area contributed by atoms with E-state index in [4.69, 9.17) is 10.3 Å². The summed E-state index contributed by atoms with van der Waals surface area (Å²) in [5.41, 5.74) is 5.51.